The van der Waals surface area contributed by atoms with Crippen molar-refractivity contribution in [2.45, 2.75) is 31.7 Å². The van der Waals surface area contributed by atoms with Gasteiger partial charge in [0.1, 0.15) is 5.78 Å². The topological polar surface area (TPSA) is 36.1 Å². The van der Waals surface area contributed by atoms with E-state index in [1.54, 1.807) is 0 Å². The molecule has 2 fully saturated rings. The number of piperidine rings is 1. The van der Waals surface area contributed by atoms with Crippen LogP contribution in [0.25, 0.3) is 10.9 Å². The van der Waals surface area contributed by atoms with Crippen LogP contribution in [0.4, 0.5) is 0 Å². The van der Waals surface area contributed by atoms with Gasteiger partial charge in [-0.15, -0.1) is 0 Å². The van der Waals surface area contributed by atoms with Crippen LogP contribution in [0.15, 0.2) is 24.3 Å². The molecule has 1 aromatic heterocycles. The van der Waals surface area contributed by atoms with E-state index in [0.29, 0.717) is 11.8 Å². The average Bonchev–Trinajstić information content (AvgIpc) is 3.17. The average molecular weight is 266 g/mol. The normalized spacial score (nSPS) is 27.6. The number of rotatable bonds is 0. The Hall–Kier alpha value is -1.61. The molecule has 1 aliphatic carbocycles. The predicted molar refractivity (Wildman–Crippen MR) is 77.6 cm³/mol. The summed E-state index contributed by atoms with van der Waals surface area (Å²) in [5, 5.41) is 1.36. The molecule has 1 atom stereocenters. The number of carbonyl (C=O) groups excluding carboxylic acids is 1. The molecule has 20 heavy (non-hydrogen) atoms. The third-order valence-corrected chi connectivity index (χ3v) is 5.63. The second-order valence-electron chi connectivity index (χ2n) is 6.58. The van der Waals surface area contributed by atoms with Crippen molar-refractivity contribution in [2.24, 2.45) is 5.41 Å². The summed E-state index contributed by atoms with van der Waals surface area (Å²) in [7, 11) is 0. The third kappa shape index (κ3) is 1.22. The van der Waals surface area contributed by atoms with Crippen molar-refractivity contribution in [3.8, 4) is 0 Å². The monoisotopic (exact) mass is 266 g/mol. The maximum Gasteiger partial charge on any atom is 0.142 e. The smallest absolute Gasteiger partial charge is 0.142 e. The van der Waals surface area contributed by atoms with Crippen molar-refractivity contribution >= 4 is 16.7 Å². The summed E-state index contributed by atoms with van der Waals surface area (Å²) >= 11 is 0. The van der Waals surface area contributed by atoms with E-state index < -0.39 is 0 Å². The summed E-state index contributed by atoms with van der Waals surface area (Å²) in [5.41, 5.74) is 3.98. The molecule has 102 valence electrons. The van der Waals surface area contributed by atoms with E-state index in [0.717, 1.165) is 38.8 Å². The third-order valence-electron chi connectivity index (χ3n) is 5.63. The highest BCUT2D eigenvalue weighted by Crippen LogP contribution is 2.61. The van der Waals surface area contributed by atoms with Gasteiger partial charge in [0.05, 0.1) is 11.5 Å². The fraction of sp³-hybridized carbons (Fsp3) is 0.471. The summed E-state index contributed by atoms with van der Waals surface area (Å²) in [6.45, 7) is 2.05. The van der Waals surface area contributed by atoms with E-state index in [1.807, 2.05) is 0 Å². The number of benzene rings is 1. The van der Waals surface area contributed by atoms with Crippen LogP contribution < -0.4 is 0 Å². The molecule has 3 nitrogen and oxygen atoms in total. The summed E-state index contributed by atoms with van der Waals surface area (Å²) < 4.78 is 0. The number of carbonyl (C=O) groups is 1. The number of hydrogen-bond acceptors (Lipinski definition) is 2. The lowest BCUT2D eigenvalue weighted by molar-refractivity contribution is -0.131. The van der Waals surface area contributed by atoms with Crippen molar-refractivity contribution in [2.75, 3.05) is 13.1 Å². The van der Waals surface area contributed by atoms with Crippen LogP contribution in [-0.4, -0.2) is 28.8 Å². The first-order valence-electron chi connectivity index (χ1n) is 7.66. The zero-order valence-electron chi connectivity index (χ0n) is 11.5. The van der Waals surface area contributed by atoms with E-state index in [2.05, 4.69) is 34.1 Å². The van der Waals surface area contributed by atoms with E-state index in [-0.39, 0.29) is 5.41 Å². The summed E-state index contributed by atoms with van der Waals surface area (Å²) in [5.74, 6) is 0.505. The van der Waals surface area contributed by atoms with Crippen LogP contribution in [0.3, 0.4) is 0 Å². The zero-order chi connectivity index (χ0) is 13.3. The molecule has 3 heteroatoms. The van der Waals surface area contributed by atoms with Gasteiger partial charge in [-0.05, 0) is 30.9 Å². The van der Waals surface area contributed by atoms with Crippen molar-refractivity contribution in [3.63, 3.8) is 0 Å². The number of nitrogens with one attached hydrogen (secondary N) is 1. The van der Waals surface area contributed by atoms with Crippen molar-refractivity contribution in [1.82, 2.24) is 9.88 Å². The number of aromatic amines is 1. The Bertz CT molecular complexity index is 726. The molecule has 0 amide bonds. The SMILES string of the molecule is O=C1CCN2CCc3c([nH]c4ccccc34)C2C12CC2. The second kappa shape index (κ2) is 3.53. The highest BCUT2D eigenvalue weighted by atomic mass is 16.1. The largest absolute Gasteiger partial charge is 0.357 e. The minimum absolute atomic E-state index is 0.0473. The van der Waals surface area contributed by atoms with E-state index in [4.69, 9.17) is 0 Å². The highest BCUT2D eigenvalue weighted by molar-refractivity contribution is 5.91. The minimum Gasteiger partial charge on any atom is -0.357 e. The number of Topliss-reactive ketones (excluding diaryl/α,β-unsaturated/α-hetero) is 1. The number of ketones is 1. The lowest BCUT2D eigenvalue weighted by Gasteiger charge is -2.43. The molecule has 1 saturated heterocycles. The highest BCUT2D eigenvalue weighted by Gasteiger charge is 2.60. The first kappa shape index (κ1) is 11.1. The van der Waals surface area contributed by atoms with Gasteiger partial charge in [-0.1, -0.05) is 18.2 Å². The molecular formula is C17H18N2O. The lowest BCUT2D eigenvalue weighted by atomic mass is 9.79. The van der Waals surface area contributed by atoms with E-state index in [9.17, 15) is 4.79 Å². The Kier molecular flexibility index (Phi) is 1.96. The Morgan fingerprint density at radius 1 is 1.15 bits per heavy atom. The van der Waals surface area contributed by atoms with Crippen molar-refractivity contribution in [3.05, 3.63) is 35.5 Å². The first-order chi connectivity index (χ1) is 9.79. The van der Waals surface area contributed by atoms with Gasteiger partial charge in [0.2, 0.25) is 0 Å². The van der Waals surface area contributed by atoms with Crippen molar-refractivity contribution < 1.29 is 4.79 Å². The molecule has 0 bridgehead atoms. The maximum absolute atomic E-state index is 12.4. The summed E-state index contributed by atoms with van der Waals surface area (Å²) in [6.07, 6.45) is 4.04. The molecule has 0 radical (unpaired) electrons. The molecule has 3 heterocycles. The fourth-order valence-corrected chi connectivity index (χ4v) is 4.49. The molecule has 1 unspecified atom stereocenters. The van der Waals surface area contributed by atoms with Gasteiger partial charge in [0, 0.05) is 36.1 Å². The Morgan fingerprint density at radius 3 is 2.80 bits per heavy atom. The van der Waals surface area contributed by atoms with Gasteiger partial charge in [-0.3, -0.25) is 9.69 Å². The molecule has 1 aromatic carbocycles. The van der Waals surface area contributed by atoms with Gasteiger partial charge in [0.25, 0.3) is 0 Å². The van der Waals surface area contributed by atoms with Crippen LogP contribution in [0.1, 0.15) is 36.6 Å². The molecular weight excluding hydrogens is 248 g/mol. The van der Waals surface area contributed by atoms with Gasteiger partial charge in [-0.2, -0.15) is 0 Å². The number of hydrogen-bond donors (Lipinski definition) is 1. The standard InChI is InChI=1S/C17H18N2O/c20-14-6-10-19-9-5-12-11-3-1-2-4-13(11)18-15(12)16(19)17(14)7-8-17/h1-4,16,18H,5-10H2. The fourth-order valence-electron chi connectivity index (χ4n) is 4.49. The van der Waals surface area contributed by atoms with Gasteiger partial charge in [0.15, 0.2) is 0 Å². The van der Waals surface area contributed by atoms with Gasteiger partial charge >= 0.3 is 0 Å². The van der Waals surface area contributed by atoms with Crippen LogP contribution in [-0.2, 0) is 11.2 Å². The first-order valence-corrected chi connectivity index (χ1v) is 7.66. The predicted octanol–water partition coefficient (Wildman–Crippen LogP) is 2.82. The summed E-state index contributed by atoms with van der Waals surface area (Å²) in [6, 6.07) is 8.88. The Balaban J connectivity index is 1.75. The quantitative estimate of drug-likeness (QED) is 0.796. The van der Waals surface area contributed by atoms with E-state index >= 15 is 0 Å². The maximum atomic E-state index is 12.4. The Labute approximate surface area is 118 Å². The molecule has 1 saturated carbocycles. The number of para-hydroxylation sites is 1. The number of fused-ring (bicyclic) bond motifs is 6. The molecule has 3 aliphatic rings. The Morgan fingerprint density at radius 2 is 1.95 bits per heavy atom. The molecule has 2 aliphatic heterocycles. The zero-order valence-corrected chi connectivity index (χ0v) is 11.5. The van der Waals surface area contributed by atoms with Gasteiger partial charge < -0.3 is 4.98 Å². The number of aromatic nitrogens is 1. The second-order valence-corrected chi connectivity index (χ2v) is 6.58. The van der Waals surface area contributed by atoms with Crippen LogP contribution in [0.2, 0.25) is 0 Å². The summed E-state index contributed by atoms with van der Waals surface area (Å²) in [4.78, 5) is 18.6. The molecule has 1 spiro atoms. The minimum atomic E-state index is -0.0473. The van der Waals surface area contributed by atoms with Gasteiger partial charge in [-0.25, -0.2) is 0 Å². The molecule has 2 aromatic rings. The number of nitrogens with zero attached hydrogens (tertiary/aromatic N) is 1. The van der Waals surface area contributed by atoms with Crippen molar-refractivity contribution in [1.29, 1.82) is 0 Å². The van der Waals surface area contributed by atoms with Crippen LogP contribution in [0, 0.1) is 5.41 Å². The van der Waals surface area contributed by atoms with Crippen LogP contribution in [0.5, 0.6) is 0 Å². The number of H-pyrrole nitrogens is 1. The molecule has 1 N–H and O–H groups in total. The van der Waals surface area contributed by atoms with Crippen LogP contribution >= 0.6 is 0 Å². The lowest BCUT2D eigenvalue weighted by Crippen LogP contribution is -2.48. The van der Waals surface area contributed by atoms with E-state index in [1.165, 1.54) is 22.2 Å². The molecule has 5 rings (SSSR count).